The third-order valence-corrected chi connectivity index (χ3v) is 2.54. The zero-order valence-corrected chi connectivity index (χ0v) is 13.7. The predicted molar refractivity (Wildman–Crippen MR) is 82.3 cm³/mol. The quantitative estimate of drug-likeness (QED) is 0.680. The van der Waals surface area contributed by atoms with Crippen LogP contribution >= 0.6 is 0 Å². The van der Waals surface area contributed by atoms with Crippen LogP contribution in [0.1, 0.15) is 26.3 Å². The first-order chi connectivity index (χ1) is 10.7. The molecule has 0 saturated carbocycles. The van der Waals surface area contributed by atoms with E-state index >= 15 is 0 Å². The fourth-order valence-corrected chi connectivity index (χ4v) is 1.58. The maximum Gasteiger partial charge on any atom is 0.412 e. The van der Waals surface area contributed by atoms with Gasteiger partial charge in [-0.3, -0.25) is 5.32 Å². The lowest BCUT2D eigenvalue weighted by atomic mass is 10.1. The summed E-state index contributed by atoms with van der Waals surface area (Å²) in [6.07, 6.45) is 0.297. The molecule has 1 aromatic rings. The van der Waals surface area contributed by atoms with Crippen LogP contribution in [0.4, 0.5) is 9.18 Å². The minimum Gasteiger partial charge on any atom is -0.497 e. The molecule has 0 atom stereocenters. The third-order valence-electron chi connectivity index (χ3n) is 2.54. The number of esters is 1. The molecule has 7 heteroatoms. The van der Waals surface area contributed by atoms with E-state index in [1.807, 2.05) is 0 Å². The predicted octanol–water partition coefficient (Wildman–Crippen LogP) is 2.87. The first-order valence-corrected chi connectivity index (χ1v) is 6.80. The van der Waals surface area contributed by atoms with Crippen molar-refractivity contribution in [3.8, 4) is 5.75 Å². The Bertz CT molecular complexity index is 619. The van der Waals surface area contributed by atoms with Gasteiger partial charge in [0.25, 0.3) is 0 Å². The van der Waals surface area contributed by atoms with Gasteiger partial charge in [0, 0.05) is 5.56 Å². The summed E-state index contributed by atoms with van der Waals surface area (Å²) in [5, 5.41) is 2.26. The van der Waals surface area contributed by atoms with Gasteiger partial charge in [0.05, 0.1) is 14.2 Å². The first kappa shape index (κ1) is 18.5. The first-order valence-electron chi connectivity index (χ1n) is 6.80. The van der Waals surface area contributed by atoms with E-state index in [0.717, 1.165) is 13.2 Å². The molecule has 0 heterocycles. The molecule has 0 aliphatic carbocycles. The fourth-order valence-electron chi connectivity index (χ4n) is 1.58. The lowest BCUT2D eigenvalue weighted by Crippen LogP contribution is -2.34. The summed E-state index contributed by atoms with van der Waals surface area (Å²) in [5.41, 5.74) is -0.943. The van der Waals surface area contributed by atoms with E-state index in [-0.39, 0.29) is 11.3 Å². The zero-order chi connectivity index (χ0) is 17.6. The molecule has 1 amide bonds. The van der Waals surface area contributed by atoms with Crippen molar-refractivity contribution in [3.05, 3.63) is 35.3 Å². The highest BCUT2D eigenvalue weighted by molar-refractivity contribution is 5.96. The number of carbonyl (C=O) groups excluding carboxylic acids is 2. The van der Waals surface area contributed by atoms with E-state index < -0.39 is 23.5 Å². The lowest BCUT2D eigenvalue weighted by molar-refractivity contribution is -0.136. The molecule has 0 unspecified atom stereocenters. The normalized spacial score (nSPS) is 11.7. The van der Waals surface area contributed by atoms with E-state index in [4.69, 9.17) is 9.47 Å². The van der Waals surface area contributed by atoms with Gasteiger partial charge in [-0.25, -0.2) is 14.0 Å². The van der Waals surface area contributed by atoms with E-state index in [0.29, 0.717) is 5.75 Å². The second-order valence-electron chi connectivity index (χ2n) is 5.56. The Morgan fingerprint density at radius 3 is 2.39 bits per heavy atom. The number of amides is 1. The second kappa shape index (κ2) is 7.62. The standard InChI is InChI=1S/C16H20FNO5/c1-16(2,3)23-15(20)18-13(14(19)22-5)9-10-8-11(21-4)6-7-12(10)17/h6-9H,1-5H3,(H,18,20)/b13-9-. The molecular weight excluding hydrogens is 305 g/mol. The maximum atomic E-state index is 13.8. The summed E-state index contributed by atoms with van der Waals surface area (Å²) in [6, 6.07) is 4.01. The van der Waals surface area contributed by atoms with Crippen molar-refractivity contribution >= 4 is 18.1 Å². The smallest absolute Gasteiger partial charge is 0.412 e. The van der Waals surface area contributed by atoms with Crippen LogP contribution in [-0.2, 0) is 14.3 Å². The Morgan fingerprint density at radius 2 is 1.87 bits per heavy atom. The summed E-state index contributed by atoms with van der Waals surface area (Å²) >= 11 is 0. The molecule has 0 aliphatic heterocycles. The van der Waals surface area contributed by atoms with Crippen LogP contribution in [0, 0.1) is 5.82 Å². The van der Waals surface area contributed by atoms with Crippen molar-refractivity contribution in [2.24, 2.45) is 0 Å². The van der Waals surface area contributed by atoms with Gasteiger partial charge in [-0.1, -0.05) is 0 Å². The number of carbonyl (C=O) groups is 2. The molecule has 23 heavy (non-hydrogen) atoms. The number of benzene rings is 1. The van der Waals surface area contributed by atoms with E-state index in [1.54, 1.807) is 20.8 Å². The van der Waals surface area contributed by atoms with Gasteiger partial charge in [-0.15, -0.1) is 0 Å². The summed E-state index contributed by atoms with van der Waals surface area (Å²) in [5.74, 6) is -1.02. The molecule has 6 nitrogen and oxygen atoms in total. The number of rotatable bonds is 4. The summed E-state index contributed by atoms with van der Waals surface area (Å²) < 4.78 is 28.5. The van der Waals surface area contributed by atoms with Gasteiger partial charge in [0.2, 0.25) is 0 Å². The molecule has 0 radical (unpaired) electrons. The second-order valence-corrected chi connectivity index (χ2v) is 5.56. The molecule has 1 aromatic carbocycles. The number of ether oxygens (including phenoxy) is 3. The van der Waals surface area contributed by atoms with Crippen LogP contribution in [-0.4, -0.2) is 31.9 Å². The van der Waals surface area contributed by atoms with Crippen LogP contribution in [0.5, 0.6) is 5.75 Å². The molecular formula is C16H20FNO5. The molecule has 1 rings (SSSR count). The van der Waals surface area contributed by atoms with Crippen LogP contribution in [0.2, 0.25) is 0 Å². The van der Waals surface area contributed by atoms with Crippen molar-refractivity contribution in [2.75, 3.05) is 14.2 Å². The average Bonchev–Trinajstić information content (AvgIpc) is 2.45. The molecule has 1 N–H and O–H groups in total. The van der Waals surface area contributed by atoms with Gasteiger partial charge < -0.3 is 14.2 Å². The minimum atomic E-state index is -0.850. The summed E-state index contributed by atoms with van der Waals surface area (Å²) in [6.45, 7) is 5.03. The Kier molecular flexibility index (Phi) is 6.12. The van der Waals surface area contributed by atoms with Gasteiger partial charge in [-0.05, 0) is 45.0 Å². The number of nitrogens with one attached hydrogen (secondary N) is 1. The van der Waals surface area contributed by atoms with Gasteiger partial charge in [0.15, 0.2) is 0 Å². The van der Waals surface area contributed by atoms with Gasteiger partial charge in [0.1, 0.15) is 22.9 Å². The summed E-state index contributed by atoms with van der Waals surface area (Å²) in [7, 11) is 2.58. The zero-order valence-electron chi connectivity index (χ0n) is 13.7. The van der Waals surface area contributed by atoms with E-state index in [1.165, 1.54) is 25.3 Å². The van der Waals surface area contributed by atoms with Crippen molar-refractivity contribution in [1.29, 1.82) is 0 Å². The Morgan fingerprint density at radius 1 is 1.22 bits per heavy atom. The Labute approximate surface area is 134 Å². The fraction of sp³-hybridized carbons (Fsp3) is 0.375. The Balaban J connectivity index is 3.12. The van der Waals surface area contributed by atoms with Crippen molar-refractivity contribution in [3.63, 3.8) is 0 Å². The van der Waals surface area contributed by atoms with Crippen molar-refractivity contribution < 1.29 is 28.2 Å². The van der Waals surface area contributed by atoms with Crippen LogP contribution < -0.4 is 10.1 Å². The average molecular weight is 325 g/mol. The SMILES string of the molecule is COC(=O)/C(=C/c1cc(OC)ccc1F)NC(=O)OC(C)(C)C. The van der Waals surface area contributed by atoms with E-state index in [9.17, 15) is 14.0 Å². The van der Waals surface area contributed by atoms with Crippen molar-refractivity contribution in [1.82, 2.24) is 5.32 Å². The number of alkyl carbamates (subject to hydrolysis) is 1. The highest BCUT2D eigenvalue weighted by Gasteiger charge is 2.20. The third kappa shape index (κ3) is 5.98. The lowest BCUT2D eigenvalue weighted by Gasteiger charge is -2.20. The molecule has 0 saturated heterocycles. The number of halogens is 1. The minimum absolute atomic E-state index is 0.0563. The van der Waals surface area contributed by atoms with E-state index in [2.05, 4.69) is 10.1 Å². The topological polar surface area (TPSA) is 73.9 Å². The largest absolute Gasteiger partial charge is 0.497 e. The highest BCUT2D eigenvalue weighted by atomic mass is 19.1. The number of methoxy groups -OCH3 is 2. The number of hydrogen-bond acceptors (Lipinski definition) is 5. The molecule has 126 valence electrons. The molecule has 0 aliphatic rings. The highest BCUT2D eigenvalue weighted by Crippen LogP contribution is 2.19. The monoisotopic (exact) mass is 325 g/mol. The summed E-state index contributed by atoms with van der Waals surface area (Å²) in [4.78, 5) is 23.6. The Hall–Kier alpha value is -2.57. The van der Waals surface area contributed by atoms with Crippen LogP contribution in [0.25, 0.3) is 6.08 Å². The molecule has 0 fully saturated rings. The van der Waals surface area contributed by atoms with Gasteiger partial charge in [-0.2, -0.15) is 0 Å². The number of hydrogen-bond donors (Lipinski definition) is 1. The molecule has 0 spiro atoms. The molecule has 0 aromatic heterocycles. The molecule has 0 bridgehead atoms. The van der Waals surface area contributed by atoms with Crippen molar-refractivity contribution in [2.45, 2.75) is 26.4 Å². The maximum absolute atomic E-state index is 13.8. The van der Waals surface area contributed by atoms with Crippen LogP contribution in [0.15, 0.2) is 23.9 Å². The van der Waals surface area contributed by atoms with Crippen LogP contribution in [0.3, 0.4) is 0 Å². The van der Waals surface area contributed by atoms with Gasteiger partial charge >= 0.3 is 12.1 Å².